The zero-order valence-electron chi connectivity index (χ0n) is 21.1. The Balaban J connectivity index is 1.32. The Bertz CT molecular complexity index is 1830. The molecule has 4 aromatic carbocycles. The number of hydrogen-bond donors (Lipinski definition) is 2. The molecule has 40 heavy (non-hydrogen) atoms. The summed E-state index contributed by atoms with van der Waals surface area (Å²) in [6.45, 7) is -0.139. The largest absolute Gasteiger partial charge is 0.465 e. The highest BCUT2D eigenvalue weighted by molar-refractivity contribution is 6.31. The zero-order valence-corrected chi connectivity index (χ0v) is 21.8. The van der Waals surface area contributed by atoms with Gasteiger partial charge < -0.3 is 19.7 Å². The number of hydrogen-bond acceptors (Lipinski definition) is 9. The lowest BCUT2D eigenvalue weighted by Crippen LogP contribution is -2.00. The molecule has 0 aliphatic carbocycles. The van der Waals surface area contributed by atoms with Gasteiger partial charge in [-0.25, -0.2) is 4.79 Å². The van der Waals surface area contributed by atoms with Gasteiger partial charge in [0.2, 0.25) is 0 Å². The fourth-order valence-electron chi connectivity index (χ4n) is 4.51. The first-order valence-electron chi connectivity index (χ1n) is 12.2. The van der Waals surface area contributed by atoms with E-state index in [0.29, 0.717) is 22.0 Å². The monoisotopic (exact) mass is 552 g/mol. The van der Waals surface area contributed by atoms with E-state index in [2.05, 4.69) is 26.0 Å². The van der Waals surface area contributed by atoms with E-state index in [0.717, 1.165) is 44.6 Å². The van der Waals surface area contributed by atoms with Crippen molar-refractivity contribution in [1.82, 2.24) is 25.4 Å². The highest BCUT2D eigenvalue weighted by atomic mass is 35.5. The number of aliphatic hydroxyl groups is 1. The third-order valence-corrected chi connectivity index (χ3v) is 6.73. The van der Waals surface area contributed by atoms with Crippen molar-refractivity contribution < 1.29 is 19.2 Å². The number of benzene rings is 4. The van der Waals surface area contributed by atoms with Gasteiger partial charge in [-0.3, -0.25) is 0 Å². The van der Waals surface area contributed by atoms with Gasteiger partial charge in [-0.1, -0.05) is 41.0 Å². The van der Waals surface area contributed by atoms with Crippen LogP contribution in [0.3, 0.4) is 0 Å². The van der Waals surface area contributed by atoms with Crippen molar-refractivity contribution in [1.29, 1.82) is 0 Å². The van der Waals surface area contributed by atoms with Crippen LogP contribution in [0.1, 0.15) is 15.9 Å². The average Bonchev–Trinajstić information content (AvgIpc) is 3.67. The van der Waals surface area contributed by atoms with Gasteiger partial charge in [0, 0.05) is 16.3 Å². The topological polar surface area (TPSA) is 128 Å². The number of fused-ring (bicyclic) bond motifs is 1. The minimum absolute atomic E-state index is 0.139. The molecule has 10 nitrogen and oxygen atoms in total. The Labute approximate surface area is 232 Å². The molecule has 11 heteroatoms. The number of aromatic nitrogens is 5. The molecule has 2 heterocycles. The highest BCUT2D eigenvalue weighted by Crippen LogP contribution is 2.35. The molecule has 6 aromatic rings. The second-order valence-corrected chi connectivity index (χ2v) is 9.32. The molecule has 0 aliphatic rings. The third kappa shape index (κ3) is 4.77. The van der Waals surface area contributed by atoms with Gasteiger partial charge in [-0.2, -0.15) is 4.68 Å². The number of esters is 1. The zero-order chi connectivity index (χ0) is 27.6. The van der Waals surface area contributed by atoms with Crippen LogP contribution in [0.5, 0.6) is 0 Å². The van der Waals surface area contributed by atoms with Crippen LogP contribution in [-0.2, 0) is 11.3 Å². The van der Waals surface area contributed by atoms with E-state index in [-0.39, 0.29) is 6.61 Å². The van der Waals surface area contributed by atoms with Gasteiger partial charge in [0.15, 0.2) is 11.4 Å². The summed E-state index contributed by atoms with van der Waals surface area (Å²) in [5.41, 5.74) is 6.62. The van der Waals surface area contributed by atoms with E-state index in [1.54, 1.807) is 22.9 Å². The van der Waals surface area contributed by atoms with E-state index in [1.165, 1.54) is 13.4 Å². The molecule has 0 unspecified atom stereocenters. The fraction of sp³-hybridized carbons (Fsp3) is 0.0690. The van der Waals surface area contributed by atoms with Gasteiger partial charge in [0.1, 0.15) is 6.33 Å². The van der Waals surface area contributed by atoms with Crippen LogP contribution < -0.4 is 5.32 Å². The van der Waals surface area contributed by atoms with Crippen LogP contribution in [-0.4, -0.2) is 43.5 Å². The van der Waals surface area contributed by atoms with Gasteiger partial charge in [0.25, 0.3) is 0 Å². The first-order valence-corrected chi connectivity index (χ1v) is 12.5. The molecule has 0 fully saturated rings. The van der Waals surface area contributed by atoms with Gasteiger partial charge in [0.05, 0.1) is 30.4 Å². The van der Waals surface area contributed by atoms with Crippen molar-refractivity contribution >= 4 is 40.0 Å². The maximum absolute atomic E-state index is 11.8. The number of nitrogens with one attached hydrogen (secondary N) is 1. The van der Waals surface area contributed by atoms with Gasteiger partial charge >= 0.3 is 5.97 Å². The molecule has 198 valence electrons. The Morgan fingerprint density at radius 3 is 2.58 bits per heavy atom. The second-order valence-electron chi connectivity index (χ2n) is 8.88. The molecule has 2 aromatic heterocycles. The lowest BCUT2D eigenvalue weighted by molar-refractivity contribution is 0.0600. The van der Waals surface area contributed by atoms with E-state index in [1.807, 2.05) is 60.7 Å². The summed E-state index contributed by atoms with van der Waals surface area (Å²) in [5, 5.41) is 30.3. The maximum Gasteiger partial charge on any atom is 0.337 e. The quantitative estimate of drug-likeness (QED) is 0.236. The number of carbonyl (C=O) groups excluding carboxylic acids is 1. The smallest absolute Gasteiger partial charge is 0.337 e. The summed E-state index contributed by atoms with van der Waals surface area (Å²) in [6.07, 6.45) is 1.52. The highest BCUT2D eigenvalue weighted by Gasteiger charge is 2.15. The number of halogens is 1. The number of ether oxygens (including phenoxy) is 1. The molecule has 2 N–H and O–H groups in total. The summed E-state index contributed by atoms with van der Waals surface area (Å²) in [6, 6.07) is 23.9. The third-order valence-electron chi connectivity index (χ3n) is 6.50. The normalized spacial score (nSPS) is 11.1. The van der Waals surface area contributed by atoms with Crippen molar-refractivity contribution in [3.8, 4) is 27.9 Å². The van der Waals surface area contributed by atoms with E-state index in [4.69, 9.17) is 20.9 Å². The lowest BCUT2D eigenvalue weighted by Gasteiger charge is -2.12. The molecule has 6 rings (SSSR count). The molecular weight excluding hydrogens is 532 g/mol. The van der Waals surface area contributed by atoms with Crippen molar-refractivity contribution in [2.75, 3.05) is 12.4 Å². The van der Waals surface area contributed by atoms with Gasteiger partial charge in [-0.15, -0.1) is 5.10 Å². The molecule has 0 aliphatic heterocycles. The summed E-state index contributed by atoms with van der Waals surface area (Å²) >= 11 is 6.30. The lowest BCUT2D eigenvalue weighted by atomic mass is 9.98. The summed E-state index contributed by atoms with van der Waals surface area (Å²) in [7, 11) is 1.34. The minimum Gasteiger partial charge on any atom is -0.465 e. The van der Waals surface area contributed by atoms with Crippen LogP contribution in [0, 0.1) is 0 Å². The van der Waals surface area contributed by atoms with E-state index < -0.39 is 5.97 Å². The van der Waals surface area contributed by atoms with Crippen LogP contribution in [0.15, 0.2) is 89.7 Å². The summed E-state index contributed by atoms with van der Waals surface area (Å²) < 4.78 is 12.0. The molecule has 0 amide bonds. The summed E-state index contributed by atoms with van der Waals surface area (Å²) in [4.78, 5) is 11.8. The molecule has 0 saturated heterocycles. The van der Waals surface area contributed by atoms with Crippen molar-refractivity contribution in [3.63, 3.8) is 0 Å². The number of aliphatic hydroxyl groups excluding tert-OH is 1. The van der Waals surface area contributed by atoms with E-state index in [9.17, 15) is 9.90 Å². The number of methoxy groups -OCH3 is 1. The Hall–Kier alpha value is -5.06. The molecule has 0 spiro atoms. The Kier molecular flexibility index (Phi) is 6.69. The van der Waals surface area contributed by atoms with Crippen LogP contribution >= 0.6 is 11.6 Å². The predicted molar refractivity (Wildman–Crippen MR) is 150 cm³/mol. The predicted octanol–water partition coefficient (Wildman–Crippen LogP) is 5.81. The number of tetrazole rings is 1. The maximum atomic E-state index is 11.8. The minimum atomic E-state index is -0.410. The Morgan fingerprint density at radius 2 is 1.82 bits per heavy atom. The molecule has 0 atom stereocenters. The molecule has 0 saturated carbocycles. The number of anilines is 2. The SMILES string of the molecule is COC(=O)c1ccc(-c2cc(Nc3noc4cc(-c5cc(Cl)ccc5-n5cnnn5)ccc34)ccc2CO)cc1. The van der Waals surface area contributed by atoms with Crippen molar-refractivity contribution in [2.45, 2.75) is 6.61 Å². The standard InChI is InChI=1S/C29H21ClN6O4/c1-39-29(38)18-4-2-17(3-5-18)24-14-22(9-6-20(24)15-37)32-28-23-10-7-19(12-27(23)40-33-28)25-13-21(30)8-11-26(25)36-16-31-34-35-36/h2-14,16,37H,15H2,1H3,(H,32,33). The number of carbonyl (C=O) groups is 1. The van der Waals surface area contributed by atoms with Crippen molar-refractivity contribution in [3.05, 3.63) is 101 Å². The van der Waals surface area contributed by atoms with Gasteiger partial charge in [-0.05, 0) is 87.3 Å². The molecular formula is C29H21ClN6O4. The summed E-state index contributed by atoms with van der Waals surface area (Å²) in [5.74, 6) is 0.129. The van der Waals surface area contributed by atoms with Crippen LogP contribution in [0.25, 0.3) is 38.9 Å². The number of rotatable bonds is 7. The fourth-order valence-corrected chi connectivity index (χ4v) is 4.68. The first kappa shape index (κ1) is 25.2. The number of nitrogens with zero attached hydrogens (tertiary/aromatic N) is 5. The molecule has 0 bridgehead atoms. The van der Waals surface area contributed by atoms with Crippen LogP contribution in [0.2, 0.25) is 5.02 Å². The second kappa shape index (κ2) is 10.6. The van der Waals surface area contributed by atoms with E-state index >= 15 is 0 Å². The molecule has 0 radical (unpaired) electrons. The first-order chi connectivity index (χ1) is 19.5. The van der Waals surface area contributed by atoms with Crippen molar-refractivity contribution in [2.24, 2.45) is 0 Å². The van der Waals surface area contributed by atoms with Crippen LogP contribution in [0.4, 0.5) is 11.5 Å². The average molecular weight is 553 g/mol. The Morgan fingerprint density at radius 1 is 1.00 bits per heavy atom.